The fourth-order valence-corrected chi connectivity index (χ4v) is 0.807. The van der Waals surface area contributed by atoms with Gasteiger partial charge in [-0.25, -0.2) is 0 Å². The Kier molecular flexibility index (Phi) is 1.41. The van der Waals surface area contributed by atoms with Crippen LogP contribution in [-0.2, 0) is 0 Å². The highest BCUT2D eigenvalue weighted by Gasteiger charge is 1.99. The van der Waals surface area contributed by atoms with E-state index in [2.05, 4.69) is 0 Å². The van der Waals surface area contributed by atoms with Gasteiger partial charge in [0.25, 0.3) is 0 Å². The van der Waals surface area contributed by atoms with E-state index in [-0.39, 0.29) is 5.75 Å². The normalized spacial score (nSPS) is 9.70. The average molecular weight is 138 g/mol. The summed E-state index contributed by atoms with van der Waals surface area (Å²) >= 11 is 0. The van der Waals surface area contributed by atoms with Crippen LogP contribution in [0, 0.1) is 6.92 Å². The summed E-state index contributed by atoms with van der Waals surface area (Å²) in [6.45, 7) is 1.80. The fraction of sp³-hybridized carbons (Fsp3) is 0.143. The zero-order chi connectivity index (χ0) is 7.72. The molecular weight excluding hydrogens is 128 g/mol. The number of benzene rings is 1. The molecule has 10 heavy (non-hydrogen) atoms. The van der Waals surface area contributed by atoms with E-state index in [0.29, 0.717) is 11.4 Å². The molecule has 0 heterocycles. The minimum absolute atomic E-state index is 0.0532. The number of hydrogen-bond donors (Lipinski definition) is 3. The second-order valence-corrected chi connectivity index (χ2v) is 2.27. The third-order valence-electron chi connectivity index (χ3n) is 1.39. The first-order chi connectivity index (χ1) is 4.61. The van der Waals surface area contributed by atoms with Crippen molar-refractivity contribution < 1.29 is 5.11 Å². The summed E-state index contributed by atoms with van der Waals surface area (Å²) in [5.74, 6) is 0.0532. The van der Waals surface area contributed by atoms with Crippen LogP contribution in [-0.4, -0.2) is 5.11 Å². The molecule has 0 spiro atoms. The van der Waals surface area contributed by atoms with E-state index in [1.165, 1.54) is 6.07 Å². The zero-order valence-electron chi connectivity index (χ0n) is 5.76. The van der Waals surface area contributed by atoms with Gasteiger partial charge in [-0.1, -0.05) is 0 Å². The number of anilines is 2. The van der Waals surface area contributed by atoms with Crippen LogP contribution >= 0.6 is 0 Å². The van der Waals surface area contributed by atoms with Crippen LogP contribution in [0.25, 0.3) is 0 Å². The van der Waals surface area contributed by atoms with Gasteiger partial charge in [0.05, 0.1) is 5.69 Å². The maximum Gasteiger partial charge on any atom is 0.140 e. The van der Waals surface area contributed by atoms with Gasteiger partial charge in [0.2, 0.25) is 0 Å². The van der Waals surface area contributed by atoms with Crippen molar-refractivity contribution in [2.24, 2.45) is 0 Å². The Bertz CT molecular complexity index is 235. The summed E-state index contributed by atoms with van der Waals surface area (Å²) in [6.07, 6.45) is 0. The Balaban J connectivity index is 3.31. The van der Waals surface area contributed by atoms with Crippen molar-refractivity contribution >= 4 is 11.4 Å². The van der Waals surface area contributed by atoms with Gasteiger partial charge in [0, 0.05) is 11.8 Å². The van der Waals surface area contributed by atoms with E-state index < -0.39 is 0 Å². The van der Waals surface area contributed by atoms with Crippen LogP contribution < -0.4 is 11.5 Å². The number of aromatic hydroxyl groups is 1. The van der Waals surface area contributed by atoms with E-state index >= 15 is 0 Å². The summed E-state index contributed by atoms with van der Waals surface area (Å²) < 4.78 is 0. The average Bonchev–Trinajstić information content (AvgIpc) is 1.82. The Hall–Kier alpha value is -1.38. The molecule has 0 saturated heterocycles. The van der Waals surface area contributed by atoms with Gasteiger partial charge in [0.15, 0.2) is 0 Å². The lowest BCUT2D eigenvalue weighted by Gasteiger charge is -2.03. The predicted octanol–water partition coefficient (Wildman–Crippen LogP) is 0.865. The molecule has 0 amide bonds. The first-order valence-corrected chi connectivity index (χ1v) is 2.96. The number of hydrogen-bond acceptors (Lipinski definition) is 3. The van der Waals surface area contributed by atoms with Gasteiger partial charge in [-0.2, -0.15) is 0 Å². The highest BCUT2D eigenvalue weighted by atomic mass is 16.3. The van der Waals surface area contributed by atoms with E-state index in [0.717, 1.165) is 5.56 Å². The minimum atomic E-state index is 0.0532. The summed E-state index contributed by atoms with van der Waals surface area (Å²) in [5, 5.41) is 9.08. The number of nitrogens with two attached hydrogens (primary N) is 2. The smallest absolute Gasteiger partial charge is 0.140 e. The molecular formula is C7H10N2O. The van der Waals surface area contributed by atoms with Gasteiger partial charge >= 0.3 is 0 Å². The summed E-state index contributed by atoms with van der Waals surface area (Å²) in [5.41, 5.74) is 12.6. The van der Waals surface area contributed by atoms with Crippen LogP contribution in [0.2, 0.25) is 0 Å². The Labute approximate surface area is 59.3 Å². The summed E-state index contributed by atoms with van der Waals surface area (Å²) in [4.78, 5) is 0. The van der Waals surface area contributed by atoms with Crippen molar-refractivity contribution in [1.29, 1.82) is 0 Å². The molecule has 0 saturated carbocycles. The monoisotopic (exact) mass is 138 g/mol. The fourth-order valence-electron chi connectivity index (χ4n) is 0.807. The molecule has 0 atom stereocenters. The van der Waals surface area contributed by atoms with Gasteiger partial charge in [-0.15, -0.1) is 0 Å². The Morgan fingerprint density at radius 2 is 1.90 bits per heavy atom. The van der Waals surface area contributed by atoms with Crippen molar-refractivity contribution in [3.8, 4) is 5.75 Å². The molecule has 1 rings (SSSR count). The van der Waals surface area contributed by atoms with Crippen molar-refractivity contribution in [1.82, 2.24) is 0 Å². The maximum atomic E-state index is 9.08. The number of nitrogen functional groups attached to an aromatic ring is 2. The number of aryl methyl sites for hydroxylation is 1. The zero-order valence-corrected chi connectivity index (χ0v) is 5.76. The topological polar surface area (TPSA) is 72.3 Å². The lowest BCUT2D eigenvalue weighted by atomic mass is 10.2. The number of phenolic OH excluding ortho intramolecular Hbond substituents is 1. The quantitative estimate of drug-likeness (QED) is 0.368. The molecule has 0 aliphatic rings. The highest BCUT2D eigenvalue weighted by Crippen LogP contribution is 2.26. The van der Waals surface area contributed by atoms with Gasteiger partial charge in [-0.05, 0) is 18.6 Å². The van der Waals surface area contributed by atoms with Crippen molar-refractivity contribution in [2.75, 3.05) is 11.5 Å². The lowest BCUT2D eigenvalue weighted by Crippen LogP contribution is -1.92. The predicted molar refractivity (Wildman–Crippen MR) is 41.7 cm³/mol. The number of rotatable bonds is 0. The molecule has 1 aromatic carbocycles. The third kappa shape index (κ3) is 0.978. The van der Waals surface area contributed by atoms with Crippen LogP contribution in [0.1, 0.15) is 5.56 Å². The molecule has 1 aromatic rings. The molecule has 0 unspecified atom stereocenters. The summed E-state index contributed by atoms with van der Waals surface area (Å²) in [7, 11) is 0. The second-order valence-electron chi connectivity index (χ2n) is 2.27. The van der Waals surface area contributed by atoms with Gasteiger partial charge in [0.1, 0.15) is 5.75 Å². The van der Waals surface area contributed by atoms with Crippen LogP contribution in [0.5, 0.6) is 5.75 Å². The largest absolute Gasteiger partial charge is 0.506 e. The van der Waals surface area contributed by atoms with Crippen LogP contribution in [0.3, 0.4) is 0 Å². The highest BCUT2D eigenvalue weighted by molar-refractivity contribution is 5.63. The molecule has 0 bridgehead atoms. The molecule has 5 N–H and O–H groups in total. The van der Waals surface area contributed by atoms with Crippen LogP contribution in [0.15, 0.2) is 12.1 Å². The summed E-state index contributed by atoms with van der Waals surface area (Å²) in [6, 6.07) is 3.15. The van der Waals surface area contributed by atoms with Crippen molar-refractivity contribution in [2.45, 2.75) is 6.92 Å². The van der Waals surface area contributed by atoms with Gasteiger partial charge in [-0.3, -0.25) is 0 Å². The minimum Gasteiger partial charge on any atom is -0.506 e. The van der Waals surface area contributed by atoms with Gasteiger partial charge < -0.3 is 16.6 Å². The molecule has 54 valence electrons. The molecule has 0 radical (unpaired) electrons. The molecule has 3 heteroatoms. The Morgan fingerprint density at radius 3 is 2.40 bits per heavy atom. The lowest BCUT2D eigenvalue weighted by molar-refractivity contribution is 0.478. The molecule has 0 fully saturated rings. The van der Waals surface area contributed by atoms with Crippen molar-refractivity contribution in [3.05, 3.63) is 17.7 Å². The van der Waals surface area contributed by atoms with Crippen LogP contribution in [0.4, 0.5) is 11.4 Å². The van der Waals surface area contributed by atoms with E-state index in [9.17, 15) is 0 Å². The van der Waals surface area contributed by atoms with E-state index in [4.69, 9.17) is 16.6 Å². The standard InChI is InChI=1S/C7H10N2O/c1-4-2-5(8)3-6(10)7(4)9/h2-3,10H,8-9H2,1H3. The van der Waals surface area contributed by atoms with Crippen molar-refractivity contribution in [3.63, 3.8) is 0 Å². The molecule has 0 aliphatic heterocycles. The first kappa shape index (κ1) is 6.74. The number of phenols is 1. The second kappa shape index (κ2) is 2.10. The third-order valence-corrected chi connectivity index (χ3v) is 1.39. The first-order valence-electron chi connectivity index (χ1n) is 2.96. The maximum absolute atomic E-state index is 9.08. The molecule has 0 aromatic heterocycles. The molecule has 0 aliphatic carbocycles. The SMILES string of the molecule is Cc1cc(N)cc(O)c1N. The Morgan fingerprint density at radius 1 is 1.30 bits per heavy atom. The molecule has 3 nitrogen and oxygen atoms in total. The van der Waals surface area contributed by atoms with E-state index in [1.807, 2.05) is 0 Å². The van der Waals surface area contributed by atoms with E-state index in [1.54, 1.807) is 13.0 Å².